The fourth-order valence-corrected chi connectivity index (χ4v) is 10.1. The quantitative estimate of drug-likeness (QED) is 0.164. The molecule has 0 saturated carbocycles. The number of rotatable bonds is 4. The molecule has 58 heavy (non-hydrogen) atoms. The van der Waals surface area contributed by atoms with Crippen LogP contribution in [0.15, 0.2) is 199 Å². The van der Waals surface area contributed by atoms with Crippen LogP contribution in [0.4, 0.5) is 0 Å². The molecule has 1 nitrogen and oxygen atoms in total. The van der Waals surface area contributed by atoms with Crippen molar-refractivity contribution in [1.29, 1.82) is 0 Å². The maximum absolute atomic E-state index is 6.42. The van der Waals surface area contributed by atoms with Crippen LogP contribution in [-0.4, -0.2) is 0 Å². The van der Waals surface area contributed by atoms with E-state index in [4.69, 9.17) is 4.42 Å². The second kappa shape index (κ2) is 12.4. The second-order valence-electron chi connectivity index (χ2n) is 16.4. The van der Waals surface area contributed by atoms with E-state index in [1.54, 1.807) is 0 Å². The number of hydrogen-bond donors (Lipinski definition) is 0. The summed E-state index contributed by atoms with van der Waals surface area (Å²) in [5.74, 6) is 0. The molecule has 10 aromatic carbocycles. The van der Waals surface area contributed by atoms with Gasteiger partial charge in [0, 0.05) is 21.8 Å². The van der Waals surface area contributed by atoms with Gasteiger partial charge in [-0.2, -0.15) is 0 Å². The third kappa shape index (κ3) is 4.77. The van der Waals surface area contributed by atoms with Gasteiger partial charge in [-0.1, -0.05) is 190 Å². The van der Waals surface area contributed by atoms with Crippen molar-refractivity contribution in [2.75, 3.05) is 0 Å². The van der Waals surface area contributed by atoms with Gasteiger partial charge in [-0.25, -0.2) is 0 Å². The lowest BCUT2D eigenvalue weighted by molar-refractivity contribution is 0.661. The van der Waals surface area contributed by atoms with Gasteiger partial charge in [-0.15, -0.1) is 0 Å². The minimum Gasteiger partial charge on any atom is -0.455 e. The Kier molecular flexibility index (Phi) is 7.04. The van der Waals surface area contributed by atoms with Crippen LogP contribution >= 0.6 is 0 Å². The average Bonchev–Trinajstić information content (AvgIpc) is 3.77. The van der Waals surface area contributed by atoms with Crippen molar-refractivity contribution in [3.05, 3.63) is 205 Å². The highest BCUT2D eigenvalue weighted by molar-refractivity contribution is 6.21. The van der Waals surface area contributed by atoms with Crippen LogP contribution in [0.25, 0.3) is 110 Å². The van der Waals surface area contributed by atoms with Crippen molar-refractivity contribution in [2.24, 2.45) is 0 Å². The van der Waals surface area contributed by atoms with Crippen LogP contribution in [0, 0.1) is 0 Å². The summed E-state index contributed by atoms with van der Waals surface area (Å²) in [6.07, 6.45) is 0. The highest BCUT2D eigenvalue weighted by Gasteiger charge is 2.36. The summed E-state index contributed by atoms with van der Waals surface area (Å²) < 4.78 is 6.42. The molecule has 0 unspecified atom stereocenters. The SMILES string of the molecule is CC1(C)c2ccc(-c3cccc(-c4c5ccccc5c(-c5ccc(-c6cccc7c6oc6ccccc67)cc5)c5ccccc45)c3)cc2-c2c1ccc1ccccc21. The predicted molar refractivity (Wildman–Crippen MR) is 246 cm³/mol. The summed E-state index contributed by atoms with van der Waals surface area (Å²) in [5, 5.41) is 9.91. The first kappa shape index (κ1) is 33.0. The molecular weight excluding hydrogens is 701 g/mol. The molecule has 0 fully saturated rings. The lowest BCUT2D eigenvalue weighted by atomic mass is 9.81. The zero-order chi connectivity index (χ0) is 38.5. The van der Waals surface area contributed by atoms with Crippen LogP contribution in [0.5, 0.6) is 0 Å². The Morgan fingerprint density at radius 3 is 1.60 bits per heavy atom. The third-order valence-electron chi connectivity index (χ3n) is 12.9. The van der Waals surface area contributed by atoms with Gasteiger partial charge < -0.3 is 4.42 Å². The van der Waals surface area contributed by atoms with Gasteiger partial charge in [0.15, 0.2) is 0 Å². The summed E-state index contributed by atoms with van der Waals surface area (Å²) in [4.78, 5) is 0. The molecule has 0 radical (unpaired) electrons. The number of furan rings is 1. The van der Waals surface area contributed by atoms with Gasteiger partial charge >= 0.3 is 0 Å². The van der Waals surface area contributed by atoms with Crippen LogP contribution in [0.1, 0.15) is 25.0 Å². The summed E-state index contributed by atoms with van der Waals surface area (Å²) >= 11 is 0. The van der Waals surface area contributed by atoms with Gasteiger partial charge in [0.25, 0.3) is 0 Å². The number of fused-ring (bicyclic) bond motifs is 10. The van der Waals surface area contributed by atoms with Crippen molar-refractivity contribution in [2.45, 2.75) is 19.3 Å². The van der Waals surface area contributed by atoms with Crippen molar-refractivity contribution < 1.29 is 4.42 Å². The minimum atomic E-state index is -0.0580. The fourth-order valence-electron chi connectivity index (χ4n) is 10.1. The van der Waals surface area contributed by atoms with Gasteiger partial charge in [0.05, 0.1) is 0 Å². The van der Waals surface area contributed by atoms with Gasteiger partial charge in [-0.3, -0.25) is 0 Å². The van der Waals surface area contributed by atoms with E-state index in [1.807, 2.05) is 12.1 Å². The minimum absolute atomic E-state index is 0.0580. The standard InChI is InChI=1S/C57H38O/c1-57(2)50-31-30-39(34-49(50)55-41-16-4-3-13-35(41)29-32-51(55)57)38-14-11-15-40(33-38)54-46-20-7-5-18-44(46)53(45-19-6-8-21-47(45)54)37-27-25-36(26-28-37)42-22-12-23-48-43-17-9-10-24-52(43)58-56(42)48/h3-34H,1-2H3. The molecule has 12 rings (SSSR count). The van der Waals surface area contributed by atoms with Crippen molar-refractivity contribution in [1.82, 2.24) is 0 Å². The molecule has 0 saturated heterocycles. The Morgan fingerprint density at radius 2 is 0.862 bits per heavy atom. The highest BCUT2D eigenvalue weighted by Crippen LogP contribution is 2.52. The second-order valence-corrected chi connectivity index (χ2v) is 16.4. The van der Waals surface area contributed by atoms with E-state index < -0.39 is 0 Å². The van der Waals surface area contributed by atoms with E-state index in [0.717, 1.165) is 33.1 Å². The maximum atomic E-state index is 6.42. The first-order valence-electron chi connectivity index (χ1n) is 20.3. The molecule has 1 heterocycles. The van der Waals surface area contributed by atoms with E-state index in [2.05, 4.69) is 196 Å². The van der Waals surface area contributed by atoms with E-state index in [0.29, 0.717) is 0 Å². The molecule has 272 valence electrons. The van der Waals surface area contributed by atoms with Gasteiger partial charge in [-0.05, 0) is 112 Å². The van der Waals surface area contributed by atoms with Crippen LogP contribution in [0.2, 0.25) is 0 Å². The van der Waals surface area contributed by atoms with Crippen molar-refractivity contribution in [3.63, 3.8) is 0 Å². The zero-order valence-corrected chi connectivity index (χ0v) is 32.4. The predicted octanol–water partition coefficient (Wildman–Crippen LogP) is 16.0. The average molecular weight is 739 g/mol. The first-order valence-corrected chi connectivity index (χ1v) is 20.3. The summed E-state index contributed by atoms with van der Waals surface area (Å²) in [5.41, 5.74) is 17.0. The molecule has 11 aromatic rings. The van der Waals surface area contributed by atoms with Crippen molar-refractivity contribution >= 4 is 54.3 Å². The first-order chi connectivity index (χ1) is 28.5. The molecule has 1 aliphatic rings. The van der Waals surface area contributed by atoms with E-state index in [1.165, 1.54) is 88.0 Å². The Hall–Kier alpha value is -7.22. The Balaban J connectivity index is 0.994. The normalized spacial score (nSPS) is 13.1. The molecule has 0 aliphatic heterocycles. The lowest BCUT2D eigenvalue weighted by Gasteiger charge is -2.21. The number of hydrogen-bond acceptors (Lipinski definition) is 1. The fraction of sp³-hybridized carbons (Fsp3) is 0.0526. The van der Waals surface area contributed by atoms with Crippen molar-refractivity contribution in [3.8, 4) is 55.6 Å². The van der Waals surface area contributed by atoms with Crippen LogP contribution in [-0.2, 0) is 5.41 Å². The molecule has 0 amide bonds. The Morgan fingerprint density at radius 1 is 0.328 bits per heavy atom. The monoisotopic (exact) mass is 738 g/mol. The maximum Gasteiger partial charge on any atom is 0.143 e. The number of para-hydroxylation sites is 2. The topological polar surface area (TPSA) is 13.1 Å². The lowest BCUT2D eigenvalue weighted by Crippen LogP contribution is -2.14. The van der Waals surface area contributed by atoms with Gasteiger partial charge in [0.2, 0.25) is 0 Å². The largest absolute Gasteiger partial charge is 0.455 e. The third-order valence-corrected chi connectivity index (χ3v) is 12.9. The molecule has 0 bridgehead atoms. The molecule has 0 spiro atoms. The molecule has 0 N–H and O–H groups in total. The smallest absolute Gasteiger partial charge is 0.143 e. The van der Waals surface area contributed by atoms with Crippen LogP contribution in [0.3, 0.4) is 0 Å². The Labute approximate surface area is 337 Å². The van der Waals surface area contributed by atoms with E-state index in [9.17, 15) is 0 Å². The van der Waals surface area contributed by atoms with E-state index in [-0.39, 0.29) is 5.41 Å². The highest BCUT2D eigenvalue weighted by atomic mass is 16.3. The molecule has 0 atom stereocenters. The molecule has 1 aliphatic carbocycles. The summed E-state index contributed by atoms with van der Waals surface area (Å²) in [6, 6.07) is 71.4. The summed E-state index contributed by atoms with van der Waals surface area (Å²) in [6.45, 7) is 4.73. The Bertz CT molecular complexity index is 3410. The van der Waals surface area contributed by atoms with Gasteiger partial charge in [0.1, 0.15) is 11.2 Å². The number of benzene rings is 10. The van der Waals surface area contributed by atoms with E-state index >= 15 is 0 Å². The zero-order valence-electron chi connectivity index (χ0n) is 32.4. The van der Waals surface area contributed by atoms with Crippen LogP contribution < -0.4 is 0 Å². The molecular formula is C57H38O. The molecule has 1 aromatic heterocycles. The summed E-state index contributed by atoms with van der Waals surface area (Å²) in [7, 11) is 0. The molecule has 1 heteroatoms.